The molecule has 10 nitrogen and oxygen atoms in total. The molecule has 1 aliphatic heterocycles. The summed E-state index contributed by atoms with van der Waals surface area (Å²) < 4.78 is 5.94. The molecule has 0 saturated carbocycles. The quantitative estimate of drug-likeness (QED) is 0.177. The van der Waals surface area contributed by atoms with Crippen LogP contribution >= 0.6 is 23.2 Å². The van der Waals surface area contributed by atoms with Gasteiger partial charge < -0.3 is 30.0 Å². The van der Waals surface area contributed by atoms with Crippen LogP contribution < -0.4 is 20.1 Å². The summed E-state index contributed by atoms with van der Waals surface area (Å²) in [4.78, 5) is 49.5. The van der Waals surface area contributed by atoms with Crippen LogP contribution in [0.3, 0.4) is 0 Å². The largest absolute Gasteiger partial charge is 0.545 e. The first kappa shape index (κ1) is 33.5. The third-order valence-electron chi connectivity index (χ3n) is 8.68. The van der Waals surface area contributed by atoms with Gasteiger partial charge in [-0.3, -0.25) is 19.6 Å². The van der Waals surface area contributed by atoms with E-state index in [0.717, 1.165) is 17.1 Å². The average molecular weight is 719 g/mol. The summed E-state index contributed by atoms with van der Waals surface area (Å²) in [6.07, 6.45) is 6.21. The zero-order valence-corrected chi connectivity index (χ0v) is 28.1. The lowest BCUT2D eigenvalue weighted by Crippen LogP contribution is -2.31. The number of fused-ring (bicyclic) bond motifs is 2. The second-order valence-corrected chi connectivity index (χ2v) is 12.8. The first-order chi connectivity index (χ1) is 24.6. The lowest BCUT2D eigenvalue weighted by atomic mass is 9.74. The number of aromatic hydroxyl groups is 1. The molecular formula is C39H27Cl2N4O6-. The van der Waals surface area contributed by atoms with Crippen LogP contribution in [0.1, 0.15) is 49.1 Å². The van der Waals surface area contributed by atoms with Gasteiger partial charge in [-0.15, -0.1) is 0 Å². The molecule has 3 heterocycles. The number of rotatable bonds is 9. The highest BCUT2D eigenvalue weighted by Gasteiger charge is 2.39. The second kappa shape index (κ2) is 14.1. The van der Waals surface area contributed by atoms with Crippen molar-refractivity contribution in [2.24, 2.45) is 5.92 Å². The molecule has 2 aliphatic rings. The van der Waals surface area contributed by atoms with E-state index in [9.17, 15) is 24.6 Å². The molecule has 1 aliphatic carbocycles. The summed E-state index contributed by atoms with van der Waals surface area (Å²) >= 11 is 12.5. The number of phenolic OH excluding ortho intramolecular Hbond substituents is 1. The number of phenols is 1. The first-order valence-electron chi connectivity index (χ1n) is 15.8. The molecule has 5 aromatic rings. The average Bonchev–Trinajstić information content (AvgIpc) is 3.13. The number of pyridine rings is 2. The summed E-state index contributed by atoms with van der Waals surface area (Å²) in [6.45, 7) is 1.06. The number of allylic oxidation sites excluding steroid dienone is 3. The van der Waals surface area contributed by atoms with Gasteiger partial charge in [0.2, 0.25) is 0 Å². The van der Waals surface area contributed by atoms with E-state index in [1.54, 1.807) is 24.5 Å². The number of halogens is 2. The zero-order valence-electron chi connectivity index (χ0n) is 26.6. The van der Waals surface area contributed by atoms with Crippen molar-refractivity contribution in [2.75, 3.05) is 10.2 Å². The van der Waals surface area contributed by atoms with Gasteiger partial charge >= 0.3 is 0 Å². The van der Waals surface area contributed by atoms with Crippen molar-refractivity contribution in [1.29, 1.82) is 0 Å². The highest BCUT2D eigenvalue weighted by molar-refractivity contribution is 6.44. The van der Waals surface area contributed by atoms with Crippen LogP contribution in [0.25, 0.3) is 0 Å². The number of carbonyl (C=O) groups is 3. The van der Waals surface area contributed by atoms with Crippen molar-refractivity contribution in [3.8, 4) is 11.5 Å². The fourth-order valence-electron chi connectivity index (χ4n) is 6.26. The molecule has 51 heavy (non-hydrogen) atoms. The summed E-state index contributed by atoms with van der Waals surface area (Å²) in [6, 6.07) is 25.8. The number of ketones is 1. The Labute approximate surface area is 302 Å². The number of aromatic nitrogens is 2. The third kappa shape index (κ3) is 7.05. The number of nitrogens with one attached hydrogen (secondary N) is 1. The molecule has 2 N–H and O–H groups in total. The Morgan fingerprint density at radius 2 is 1.57 bits per heavy atom. The van der Waals surface area contributed by atoms with Gasteiger partial charge in [0.05, 0.1) is 40.5 Å². The highest BCUT2D eigenvalue weighted by Crippen LogP contribution is 2.51. The van der Waals surface area contributed by atoms with Crippen molar-refractivity contribution in [3.63, 3.8) is 0 Å². The summed E-state index contributed by atoms with van der Waals surface area (Å²) in [5.74, 6) is -3.82. The number of benzene rings is 3. The maximum Gasteiger partial charge on any atom is 0.255 e. The van der Waals surface area contributed by atoms with Crippen LogP contribution in [0.4, 0.5) is 11.4 Å². The summed E-state index contributed by atoms with van der Waals surface area (Å²) in [5, 5.41) is 25.7. The van der Waals surface area contributed by atoms with Crippen LogP contribution in [0, 0.1) is 5.92 Å². The van der Waals surface area contributed by atoms with Gasteiger partial charge in [-0.2, -0.15) is 0 Å². The van der Waals surface area contributed by atoms with Crippen molar-refractivity contribution in [1.82, 2.24) is 9.97 Å². The van der Waals surface area contributed by atoms with Crippen LogP contribution in [0.15, 0.2) is 126 Å². The monoisotopic (exact) mass is 717 g/mol. The predicted molar refractivity (Wildman–Crippen MR) is 190 cm³/mol. The molecule has 1 amide bonds. The SMILES string of the molecule is O=C1C=C2Oc3cc(O)c(Cl)cc3C(c3ccc(C(=O)Nc4ccc(N(Cc5ccccn5)Cc5ccccn5)cc4)cc3C(=O)[O-])C2C=C1Cl. The Morgan fingerprint density at radius 3 is 2.20 bits per heavy atom. The number of carbonyl (C=O) groups excluding carboxylic acids is 3. The van der Waals surface area contributed by atoms with Gasteiger partial charge in [0.25, 0.3) is 5.91 Å². The van der Waals surface area contributed by atoms with Crippen molar-refractivity contribution in [2.45, 2.75) is 19.0 Å². The molecule has 0 bridgehead atoms. The fraction of sp³-hybridized carbons (Fsp3) is 0.103. The Morgan fingerprint density at radius 1 is 0.882 bits per heavy atom. The Bertz CT molecular complexity index is 2190. The molecule has 0 saturated heterocycles. The van der Waals surface area contributed by atoms with Crippen LogP contribution in [0.2, 0.25) is 5.02 Å². The van der Waals surface area contributed by atoms with E-state index >= 15 is 0 Å². The third-order valence-corrected chi connectivity index (χ3v) is 9.30. The number of amides is 1. The Hall–Kier alpha value is -5.97. The lowest BCUT2D eigenvalue weighted by Gasteiger charge is -2.36. The normalized spacial score (nSPS) is 16.2. The number of nitrogens with zero attached hydrogens (tertiary/aromatic N) is 3. The molecule has 254 valence electrons. The minimum atomic E-state index is -1.52. The zero-order chi connectivity index (χ0) is 35.6. The summed E-state index contributed by atoms with van der Waals surface area (Å²) in [5.41, 5.74) is 3.69. The fourth-order valence-corrected chi connectivity index (χ4v) is 6.62. The van der Waals surface area contributed by atoms with Crippen LogP contribution in [0.5, 0.6) is 11.5 Å². The molecule has 0 fully saturated rings. The Kier molecular flexibility index (Phi) is 9.27. The van der Waals surface area contributed by atoms with Crippen molar-refractivity contribution in [3.05, 3.63) is 165 Å². The smallest absolute Gasteiger partial charge is 0.255 e. The van der Waals surface area contributed by atoms with E-state index in [0.29, 0.717) is 24.3 Å². The number of carboxylic acids is 1. The van der Waals surface area contributed by atoms with Crippen LogP contribution in [-0.2, 0) is 17.9 Å². The van der Waals surface area contributed by atoms with E-state index in [4.69, 9.17) is 27.9 Å². The van der Waals surface area contributed by atoms with Gasteiger partial charge in [0, 0.05) is 64.4 Å². The number of ether oxygens (including phenoxy) is 1. The van der Waals surface area contributed by atoms with Crippen LogP contribution in [-0.4, -0.2) is 32.7 Å². The van der Waals surface area contributed by atoms with E-state index in [-0.39, 0.29) is 44.0 Å². The number of carboxylic acid groups (broad SMARTS) is 1. The first-order valence-corrected chi connectivity index (χ1v) is 16.5. The number of hydrogen-bond acceptors (Lipinski definition) is 9. The van der Waals surface area contributed by atoms with E-state index < -0.39 is 29.5 Å². The minimum Gasteiger partial charge on any atom is -0.545 e. The molecule has 3 aromatic carbocycles. The molecule has 2 aromatic heterocycles. The maximum atomic E-state index is 13.5. The predicted octanol–water partition coefficient (Wildman–Crippen LogP) is 6.39. The maximum absolute atomic E-state index is 13.5. The molecule has 2 atom stereocenters. The lowest BCUT2D eigenvalue weighted by molar-refractivity contribution is -0.255. The molecule has 0 radical (unpaired) electrons. The standard InChI is InChI=1S/C39H28Cl2N4O6/c40-31-16-29-35(18-33(31)46)51-36-19-34(47)32(41)17-30(36)37(29)27-12-7-22(15-28(27)39(49)50)38(48)44-23-8-10-26(11-9-23)45(20-24-5-1-3-13-42-24)21-25-6-2-4-14-43-25/h1-19,29,37,47H,20-21H2,(H,44,48)(H,49,50)/p-1. The summed E-state index contributed by atoms with van der Waals surface area (Å²) in [7, 11) is 0. The topological polar surface area (TPSA) is 145 Å². The number of anilines is 2. The minimum absolute atomic E-state index is 0.0188. The molecule has 12 heteroatoms. The molecule has 2 unspecified atom stereocenters. The van der Waals surface area contributed by atoms with Crippen molar-refractivity contribution >= 4 is 52.2 Å². The molecule has 7 rings (SSSR count). The van der Waals surface area contributed by atoms with Crippen molar-refractivity contribution < 1.29 is 29.3 Å². The second-order valence-electron chi connectivity index (χ2n) is 12.0. The number of aromatic carboxylic acids is 1. The Balaban J connectivity index is 1.16. The van der Waals surface area contributed by atoms with Gasteiger partial charge in [0.1, 0.15) is 17.3 Å². The number of hydrogen-bond donors (Lipinski definition) is 2. The van der Waals surface area contributed by atoms with Gasteiger partial charge in [-0.1, -0.05) is 47.5 Å². The van der Waals surface area contributed by atoms with E-state index in [2.05, 4.69) is 20.2 Å². The van der Waals surface area contributed by atoms with Gasteiger partial charge in [-0.25, -0.2) is 0 Å². The van der Waals surface area contributed by atoms with Gasteiger partial charge in [0.15, 0.2) is 5.78 Å². The molecular weight excluding hydrogens is 691 g/mol. The van der Waals surface area contributed by atoms with Gasteiger partial charge in [-0.05, 0) is 72.3 Å². The van der Waals surface area contributed by atoms with E-state index in [1.165, 1.54) is 42.5 Å². The molecule has 0 spiro atoms. The highest BCUT2D eigenvalue weighted by atomic mass is 35.5. The van der Waals surface area contributed by atoms with E-state index in [1.807, 2.05) is 48.5 Å².